The summed E-state index contributed by atoms with van der Waals surface area (Å²) >= 11 is 0. The lowest BCUT2D eigenvalue weighted by Crippen LogP contribution is -2.47. The lowest BCUT2D eigenvalue weighted by atomic mass is 10.1. The van der Waals surface area contributed by atoms with Crippen LogP contribution >= 0.6 is 0 Å². The van der Waals surface area contributed by atoms with Crippen LogP contribution in [0, 0.1) is 0 Å². The minimum Gasteiger partial charge on any atom is -0.374 e. The molecule has 2 saturated heterocycles. The number of nitrogens with two attached hydrogens (primary N) is 1. The second-order valence-electron chi connectivity index (χ2n) is 5.50. The number of likely N-dealkylation sites (tertiary alicyclic amines) is 1. The second kappa shape index (κ2) is 7.59. The second-order valence-corrected chi connectivity index (χ2v) is 5.50. The van der Waals surface area contributed by atoms with E-state index >= 15 is 0 Å². The highest BCUT2D eigenvalue weighted by Crippen LogP contribution is 2.13. The molecule has 114 valence electrons. The first-order valence-corrected chi connectivity index (χ1v) is 7.58. The fourth-order valence-electron chi connectivity index (χ4n) is 2.79. The van der Waals surface area contributed by atoms with Crippen molar-refractivity contribution in [3.05, 3.63) is 0 Å². The minimum absolute atomic E-state index is 0.0642. The van der Waals surface area contributed by atoms with Gasteiger partial charge in [-0.15, -0.1) is 0 Å². The van der Waals surface area contributed by atoms with Crippen molar-refractivity contribution in [2.75, 3.05) is 39.3 Å². The summed E-state index contributed by atoms with van der Waals surface area (Å²) in [4.78, 5) is 27.6. The number of piperidine rings is 1. The Labute approximate surface area is 120 Å². The molecule has 6 nitrogen and oxygen atoms in total. The van der Waals surface area contributed by atoms with E-state index in [9.17, 15) is 9.59 Å². The van der Waals surface area contributed by atoms with Crippen molar-refractivity contribution >= 4 is 11.8 Å². The van der Waals surface area contributed by atoms with Crippen molar-refractivity contribution in [3.63, 3.8) is 0 Å². The minimum atomic E-state index is 0.0642. The molecule has 6 heteroatoms. The molecule has 0 bridgehead atoms. The first kappa shape index (κ1) is 15.3. The third-order valence-electron chi connectivity index (χ3n) is 4.00. The van der Waals surface area contributed by atoms with Crippen molar-refractivity contribution in [1.29, 1.82) is 0 Å². The predicted molar refractivity (Wildman–Crippen MR) is 75.0 cm³/mol. The summed E-state index contributed by atoms with van der Waals surface area (Å²) in [5.74, 6) is 0.306. The molecule has 2 fully saturated rings. The molecule has 0 aromatic carbocycles. The van der Waals surface area contributed by atoms with Crippen LogP contribution in [0.15, 0.2) is 0 Å². The van der Waals surface area contributed by atoms with Gasteiger partial charge in [-0.1, -0.05) is 0 Å². The van der Waals surface area contributed by atoms with E-state index in [0.29, 0.717) is 45.6 Å². The van der Waals surface area contributed by atoms with Crippen LogP contribution in [0.4, 0.5) is 0 Å². The maximum Gasteiger partial charge on any atom is 0.224 e. The smallest absolute Gasteiger partial charge is 0.224 e. The number of hydrogen-bond acceptors (Lipinski definition) is 4. The Hall–Kier alpha value is -1.14. The monoisotopic (exact) mass is 283 g/mol. The van der Waals surface area contributed by atoms with Crippen molar-refractivity contribution in [2.24, 2.45) is 5.73 Å². The molecule has 0 radical (unpaired) electrons. The zero-order valence-corrected chi connectivity index (χ0v) is 12.1. The van der Waals surface area contributed by atoms with Gasteiger partial charge in [-0.05, 0) is 25.8 Å². The normalized spacial score (nSPS) is 24.1. The molecule has 2 heterocycles. The van der Waals surface area contributed by atoms with Gasteiger partial charge in [0, 0.05) is 39.0 Å². The molecule has 0 aromatic heterocycles. The Bertz CT molecular complexity index is 347. The van der Waals surface area contributed by atoms with E-state index in [2.05, 4.69) is 0 Å². The molecule has 0 aliphatic carbocycles. The molecule has 0 saturated carbocycles. The fraction of sp³-hybridized carbons (Fsp3) is 0.857. The SMILES string of the molecule is NCCC1CN(C(=O)CCN2CCCCC2=O)CCO1. The molecule has 0 aromatic rings. The van der Waals surface area contributed by atoms with Crippen molar-refractivity contribution in [3.8, 4) is 0 Å². The summed E-state index contributed by atoms with van der Waals surface area (Å²) < 4.78 is 5.57. The molecule has 0 spiro atoms. The maximum absolute atomic E-state index is 12.2. The van der Waals surface area contributed by atoms with E-state index in [4.69, 9.17) is 10.5 Å². The van der Waals surface area contributed by atoms with Crippen molar-refractivity contribution in [2.45, 2.75) is 38.2 Å². The molecule has 20 heavy (non-hydrogen) atoms. The molecular formula is C14H25N3O3. The van der Waals surface area contributed by atoms with Gasteiger partial charge in [0.05, 0.1) is 12.7 Å². The van der Waals surface area contributed by atoms with Gasteiger partial charge in [0.25, 0.3) is 0 Å². The molecule has 2 N–H and O–H groups in total. The zero-order chi connectivity index (χ0) is 14.4. The Morgan fingerprint density at radius 2 is 2.20 bits per heavy atom. The van der Waals surface area contributed by atoms with Crippen LogP contribution in [-0.2, 0) is 14.3 Å². The Balaban J connectivity index is 1.74. The van der Waals surface area contributed by atoms with E-state index in [1.807, 2.05) is 9.80 Å². The largest absolute Gasteiger partial charge is 0.374 e. The fourth-order valence-corrected chi connectivity index (χ4v) is 2.79. The highest BCUT2D eigenvalue weighted by molar-refractivity contribution is 5.79. The van der Waals surface area contributed by atoms with Gasteiger partial charge >= 0.3 is 0 Å². The number of nitrogens with zero attached hydrogens (tertiary/aromatic N) is 2. The quantitative estimate of drug-likeness (QED) is 0.768. The Kier molecular flexibility index (Phi) is 5.79. The molecule has 1 unspecified atom stereocenters. The van der Waals surface area contributed by atoms with Gasteiger partial charge in [0.2, 0.25) is 11.8 Å². The maximum atomic E-state index is 12.2. The van der Waals surface area contributed by atoms with Gasteiger partial charge in [-0.25, -0.2) is 0 Å². The highest BCUT2D eigenvalue weighted by atomic mass is 16.5. The van der Waals surface area contributed by atoms with Crippen LogP contribution in [0.1, 0.15) is 32.1 Å². The topological polar surface area (TPSA) is 75.9 Å². The number of carbonyl (C=O) groups excluding carboxylic acids is 2. The van der Waals surface area contributed by atoms with Gasteiger partial charge < -0.3 is 20.3 Å². The molecule has 2 aliphatic heterocycles. The van der Waals surface area contributed by atoms with E-state index in [0.717, 1.165) is 25.8 Å². The van der Waals surface area contributed by atoms with Gasteiger partial charge in [0.15, 0.2) is 0 Å². The summed E-state index contributed by atoms with van der Waals surface area (Å²) in [7, 11) is 0. The number of ether oxygens (including phenoxy) is 1. The standard InChI is InChI=1S/C14H25N3O3/c15-6-4-12-11-17(9-10-20-12)14(19)5-8-16-7-2-1-3-13(16)18/h12H,1-11,15H2. The number of rotatable bonds is 5. The molecule has 2 amide bonds. The van der Waals surface area contributed by atoms with Crippen LogP contribution in [0.5, 0.6) is 0 Å². The van der Waals surface area contributed by atoms with E-state index < -0.39 is 0 Å². The van der Waals surface area contributed by atoms with Crippen molar-refractivity contribution in [1.82, 2.24) is 9.80 Å². The lowest BCUT2D eigenvalue weighted by molar-refractivity contribution is -0.140. The van der Waals surface area contributed by atoms with Crippen LogP contribution in [-0.4, -0.2) is 67.0 Å². The van der Waals surface area contributed by atoms with Crippen molar-refractivity contribution < 1.29 is 14.3 Å². The average Bonchev–Trinajstić information content (AvgIpc) is 2.47. The van der Waals surface area contributed by atoms with Gasteiger partial charge in [-0.3, -0.25) is 9.59 Å². The van der Waals surface area contributed by atoms with Crippen LogP contribution in [0.25, 0.3) is 0 Å². The summed E-state index contributed by atoms with van der Waals surface area (Å²) in [6.07, 6.45) is 3.93. The number of hydrogen-bond donors (Lipinski definition) is 1. The number of amides is 2. The third kappa shape index (κ3) is 4.18. The number of carbonyl (C=O) groups is 2. The molecule has 2 rings (SSSR count). The molecule has 1 atom stereocenters. The van der Waals surface area contributed by atoms with Crippen LogP contribution in [0.3, 0.4) is 0 Å². The third-order valence-corrected chi connectivity index (χ3v) is 4.00. The molecular weight excluding hydrogens is 258 g/mol. The first-order chi connectivity index (χ1) is 9.70. The summed E-state index contributed by atoms with van der Waals surface area (Å²) in [6.45, 7) is 3.79. The summed E-state index contributed by atoms with van der Waals surface area (Å²) in [5, 5.41) is 0. The first-order valence-electron chi connectivity index (χ1n) is 7.58. The van der Waals surface area contributed by atoms with Gasteiger partial charge in [0.1, 0.15) is 0 Å². The molecule has 2 aliphatic rings. The van der Waals surface area contributed by atoms with Crippen LogP contribution < -0.4 is 5.73 Å². The van der Waals surface area contributed by atoms with E-state index in [1.165, 1.54) is 0 Å². The Morgan fingerprint density at radius 3 is 2.95 bits per heavy atom. The lowest BCUT2D eigenvalue weighted by Gasteiger charge is -2.34. The average molecular weight is 283 g/mol. The van der Waals surface area contributed by atoms with Gasteiger partial charge in [-0.2, -0.15) is 0 Å². The van der Waals surface area contributed by atoms with Crippen LogP contribution in [0.2, 0.25) is 0 Å². The zero-order valence-electron chi connectivity index (χ0n) is 12.1. The predicted octanol–water partition coefficient (Wildman–Crippen LogP) is -0.0348. The highest BCUT2D eigenvalue weighted by Gasteiger charge is 2.25. The summed E-state index contributed by atoms with van der Waals surface area (Å²) in [5.41, 5.74) is 5.52. The summed E-state index contributed by atoms with van der Waals surface area (Å²) in [6, 6.07) is 0. The Morgan fingerprint density at radius 1 is 1.35 bits per heavy atom. The van der Waals surface area contributed by atoms with E-state index in [-0.39, 0.29) is 17.9 Å². The number of morpholine rings is 1. The van der Waals surface area contributed by atoms with E-state index in [1.54, 1.807) is 0 Å².